The van der Waals surface area contributed by atoms with E-state index in [1.165, 1.54) is 18.9 Å². The minimum absolute atomic E-state index is 0.243. The van der Waals surface area contributed by atoms with Gasteiger partial charge < -0.3 is 14.2 Å². The molecule has 4 fully saturated rings. The molecule has 3 nitrogen and oxygen atoms in total. The second-order valence-corrected chi connectivity index (χ2v) is 8.10. The third-order valence-corrected chi connectivity index (χ3v) is 7.22. The summed E-state index contributed by atoms with van der Waals surface area (Å²) < 4.78 is 32.2. The average Bonchev–Trinajstić information content (AvgIpc) is 3.23. The molecule has 24 heavy (non-hydrogen) atoms. The van der Waals surface area contributed by atoms with Gasteiger partial charge in [-0.05, 0) is 56.2 Å². The molecular weight excluding hydrogens is 307 g/mol. The van der Waals surface area contributed by atoms with Crippen LogP contribution < -0.4 is 4.74 Å². The summed E-state index contributed by atoms with van der Waals surface area (Å²) in [6.07, 6.45) is 7.39. The Morgan fingerprint density at radius 1 is 1.25 bits per heavy atom. The Morgan fingerprint density at radius 2 is 2.17 bits per heavy atom. The van der Waals surface area contributed by atoms with E-state index in [9.17, 15) is 4.39 Å². The summed E-state index contributed by atoms with van der Waals surface area (Å²) in [6, 6.07) is 5.12. The fraction of sp³-hybridized carbons (Fsp3) is 0.700. The van der Waals surface area contributed by atoms with Crippen molar-refractivity contribution in [3.8, 4) is 5.75 Å². The fourth-order valence-corrected chi connectivity index (χ4v) is 5.66. The molecule has 1 aromatic carbocycles. The number of benzene rings is 1. The zero-order valence-corrected chi connectivity index (χ0v) is 14.3. The molecule has 2 saturated carbocycles. The Bertz CT molecular complexity index is 667. The Labute approximate surface area is 142 Å². The molecule has 4 heteroatoms. The fourth-order valence-electron chi connectivity index (χ4n) is 5.66. The van der Waals surface area contributed by atoms with E-state index >= 15 is 0 Å². The minimum Gasteiger partial charge on any atom is -0.465 e. The molecular formula is C20H25FO3. The van der Waals surface area contributed by atoms with E-state index < -0.39 is 0 Å². The largest absolute Gasteiger partial charge is 0.465 e. The first kappa shape index (κ1) is 15.2. The third kappa shape index (κ3) is 1.79. The van der Waals surface area contributed by atoms with Crippen LogP contribution in [0.5, 0.6) is 5.75 Å². The smallest absolute Gasteiger partial charge is 0.199 e. The third-order valence-electron chi connectivity index (χ3n) is 7.22. The van der Waals surface area contributed by atoms with Gasteiger partial charge >= 0.3 is 0 Å². The lowest BCUT2D eigenvalue weighted by Crippen LogP contribution is -2.46. The molecule has 4 aliphatic rings. The maximum Gasteiger partial charge on any atom is 0.199 e. The van der Waals surface area contributed by atoms with E-state index in [0.717, 1.165) is 50.9 Å². The summed E-state index contributed by atoms with van der Waals surface area (Å²) in [5.74, 6) is 0.333. The first-order valence-corrected chi connectivity index (χ1v) is 9.36. The summed E-state index contributed by atoms with van der Waals surface area (Å²) in [5, 5.41) is 0. The molecule has 2 heterocycles. The van der Waals surface area contributed by atoms with Gasteiger partial charge in [0.05, 0.1) is 18.8 Å². The molecule has 0 radical (unpaired) electrons. The maximum atomic E-state index is 14.3. The number of hydrogen-bond donors (Lipinski definition) is 0. The zero-order valence-electron chi connectivity index (χ0n) is 14.3. The van der Waals surface area contributed by atoms with Crippen LogP contribution in [0.25, 0.3) is 0 Å². The van der Waals surface area contributed by atoms with Crippen molar-refractivity contribution < 1.29 is 18.6 Å². The van der Waals surface area contributed by atoms with Gasteiger partial charge in [0.15, 0.2) is 6.29 Å². The van der Waals surface area contributed by atoms with Crippen molar-refractivity contribution in [1.82, 2.24) is 0 Å². The molecule has 4 unspecified atom stereocenters. The van der Waals surface area contributed by atoms with Gasteiger partial charge in [0, 0.05) is 23.3 Å². The lowest BCUT2D eigenvalue weighted by molar-refractivity contribution is -0.126. The highest BCUT2D eigenvalue weighted by molar-refractivity contribution is 5.44. The molecule has 1 spiro atoms. The van der Waals surface area contributed by atoms with Gasteiger partial charge in [0.25, 0.3) is 0 Å². The minimum atomic E-state index is -0.281. The molecule has 0 aromatic heterocycles. The number of rotatable bonds is 4. The highest BCUT2D eigenvalue weighted by Crippen LogP contribution is 2.86. The number of ether oxygens (including phenoxy) is 3. The van der Waals surface area contributed by atoms with Crippen LogP contribution in [0.1, 0.15) is 57.4 Å². The van der Waals surface area contributed by atoms with Gasteiger partial charge in [-0.2, -0.15) is 0 Å². The van der Waals surface area contributed by atoms with Crippen molar-refractivity contribution in [3.63, 3.8) is 0 Å². The molecule has 0 bridgehead atoms. The van der Waals surface area contributed by atoms with Gasteiger partial charge in [-0.15, -0.1) is 0 Å². The SMILES string of the molecule is CCC12COC3(c4cc(F)cc(OC5CCCCO5)c4)CCC13C2. The normalized spacial score (nSPS) is 42.8. The molecule has 5 rings (SSSR count). The maximum absolute atomic E-state index is 14.3. The summed E-state index contributed by atoms with van der Waals surface area (Å²) in [6.45, 7) is 3.80. The molecule has 1 aromatic rings. The summed E-state index contributed by atoms with van der Waals surface area (Å²) >= 11 is 0. The predicted octanol–water partition coefficient (Wildman–Crippen LogP) is 4.54. The molecule has 0 N–H and O–H groups in total. The molecule has 4 atom stereocenters. The van der Waals surface area contributed by atoms with Crippen molar-refractivity contribution in [1.29, 1.82) is 0 Å². The van der Waals surface area contributed by atoms with E-state index in [1.54, 1.807) is 6.07 Å². The Kier molecular flexibility index (Phi) is 3.12. The van der Waals surface area contributed by atoms with Crippen molar-refractivity contribution in [3.05, 3.63) is 29.6 Å². The second kappa shape index (κ2) is 4.95. The molecule has 2 aliphatic carbocycles. The van der Waals surface area contributed by atoms with E-state index in [1.807, 2.05) is 6.07 Å². The Hall–Kier alpha value is -1.13. The highest BCUT2D eigenvalue weighted by Gasteiger charge is 2.84. The van der Waals surface area contributed by atoms with Crippen LogP contribution in [0.3, 0.4) is 0 Å². The lowest BCUT2D eigenvalue weighted by atomic mass is 9.60. The predicted molar refractivity (Wildman–Crippen MR) is 87.3 cm³/mol. The highest BCUT2D eigenvalue weighted by atomic mass is 19.1. The molecule has 2 saturated heterocycles. The average molecular weight is 332 g/mol. The first-order valence-electron chi connectivity index (χ1n) is 9.36. The molecule has 0 amide bonds. The van der Waals surface area contributed by atoms with Gasteiger partial charge in [0.1, 0.15) is 11.6 Å². The molecule has 130 valence electrons. The van der Waals surface area contributed by atoms with Crippen LogP contribution in [0.15, 0.2) is 18.2 Å². The molecule has 2 aliphatic heterocycles. The van der Waals surface area contributed by atoms with Crippen molar-refractivity contribution in [2.24, 2.45) is 10.8 Å². The van der Waals surface area contributed by atoms with Crippen LogP contribution in [0.2, 0.25) is 0 Å². The van der Waals surface area contributed by atoms with E-state index in [0.29, 0.717) is 11.2 Å². The van der Waals surface area contributed by atoms with Crippen molar-refractivity contribution >= 4 is 0 Å². The quantitative estimate of drug-likeness (QED) is 0.810. The number of hydrogen-bond acceptors (Lipinski definition) is 3. The zero-order chi connectivity index (χ0) is 16.4. The van der Waals surface area contributed by atoms with Gasteiger partial charge in [0.2, 0.25) is 0 Å². The Morgan fingerprint density at radius 3 is 2.83 bits per heavy atom. The van der Waals surface area contributed by atoms with Crippen LogP contribution in [-0.4, -0.2) is 19.5 Å². The van der Waals surface area contributed by atoms with Gasteiger partial charge in [-0.25, -0.2) is 4.39 Å². The summed E-state index contributed by atoms with van der Waals surface area (Å²) in [7, 11) is 0. The van der Waals surface area contributed by atoms with E-state index in [4.69, 9.17) is 14.2 Å². The topological polar surface area (TPSA) is 27.7 Å². The van der Waals surface area contributed by atoms with Gasteiger partial charge in [-0.3, -0.25) is 0 Å². The van der Waals surface area contributed by atoms with Crippen LogP contribution in [-0.2, 0) is 15.1 Å². The van der Waals surface area contributed by atoms with Crippen molar-refractivity contribution in [2.45, 2.75) is 63.8 Å². The van der Waals surface area contributed by atoms with Crippen LogP contribution in [0, 0.1) is 16.6 Å². The Balaban J connectivity index is 1.45. The van der Waals surface area contributed by atoms with Crippen molar-refractivity contribution in [2.75, 3.05) is 13.2 Å². The van der Waals surface area contributed by atoms with Crippen LogP contribution in [0.4, 0.5) is 4.39 Å². The summed E-state index contributed by atoms with van der Waals surface area (Å²) in [5.41, 5.74) is 1.27. The monoisotopic (exact) mass is 332 g/mol. The summed E-state index contributed by atoms with van der Waals surface area (Å²) in [4.78, 5) is 0. The van der Waals surface area contributed by atoms with E-state index in [2.05, 4.69) is 6.92 Å². The van der Waals surface area contributed by atoms with E-state index in [-0.39, 0.29) is 23.1 Å². The van der Waals surface area contributed by atoms with Crippen LogP contribution >= 0.6 is 0 Å². The standard InChI is InChI=1S/C20H25FO3/c1-2-18-12-19(18)6-7-20(19,23-13-18)14-9-15(21)11-16(10-14)24-17-5-3-4-8-22-17/h9-11,17H,2-8,12-13H2,1H3. The van der Waals surface area contributed by atoms with Gasteiger partial charge in [-0.1, -0.05) is 6.92 Å². The first-order chi connectivity index (χ1) is 11.6. The second-order valence-electron chi connectivity index (χ2n) is 8.10. The lowest BCUT2D eigenvalue weighted by Gasteiger charge is -2.48. The number of halogens is 1.